The highest BCUT2D eigenvalue weighted by atomic mass is 19.1. The van der Waals surface area contributed by atoms with Gasteiger partial charge in [0.25, 0.3) is 0 Å². The van der Waals surface area contributed by atoms with Crippen molar-refractivity contribution in [2.24, 2.45) is 0 Å². The molecule has 0 aliphatic heterocycles. The van der Waals surface area contributed by atoms with Crippen LogP contribution in [0.25, 0.3) is 0 Å². The highest BCUT2D eigenvalue weighted by molar-refractivity contribution is 5.90. The van der Waals surface area contributed by atoms with E-state index in [4.69, 9.17) is 18.9 Å². The van der Waals surface area contributed by atoms with Gasteiger partial charge in [-0.05, 0) is 43.3 Å². The molecule has 0 aliphatic carbocycles. The Morgan fingerprint density at radius 2 is 1.71 bits per heavy atom. The molecule has 0 radical (unpaired) electrons. The minimum absolute atomic E-state index is 0.207. The fraction of sp³-hybridized carbons (Fsp3) is 0.278. The lowest BCUT2D eigenvalue weighted by Gasteiger charge is -2.16. The Morgan fingerprint density at radius 3 is 2.33 bits per heavy atom. The Kier molecular flexibility index (Phi) is 6.14. The quantitative estimate of drug-likeness (QED) is 0.721. The molecule has 2 aromatic rings. The zero-order valence-corrected chi connectivity index (χ0v) is 13.7. The van der Waals surface area contributed by atoms with Gasteiger partial charge in [-0.2, -0.15) is 0 Å². The van der Waals surface area contributed by atoms with Crippen LogP contribution >= 0.6 is 0 Å². The van der Waals surface area contributed by atoms with E-state index in [2.05, 4.69) is 0 Å². The fourth-order valence-corrected chi connectivity index (χ4v) is 2.07. The Bertz CT molecular complexity index is 684. The normalized spacial score (nSPS) is 11.7. The predicted octanol–water partition coefficient (Wildman–Crippen LogP) is 3.82. The summed E-state index contributed by atoms with van der Waals surface area (Å²) < 4.78 is 34.1. The third kappa shape index (κ3) is 4.96. The number of carbonyl (C=O) groups excluding carboxylic acids is 1. The van der Waals surface area contributed by atoms with E-state index in [-0.39, 0.29) is 17.5 Å². The maximum Gasteiger partial charge on any atom is 0.338 e. The summed E-state index contributed by atoms with van der Waals surface area (Å²) in [5.41, 5.74) is 0.289. The summed E-state index contributed by atoms with van der Waals surface area (Å²) >= 11 is 0. The monoisotopic (exact) mass is 334 g/mol. The van der Waals surface area contributed by atoms with Crippen molar-refractivity contribution in [3.8, 4) is 17.2 Å². The third-order valence-corrected chi connectivity index (χ3v) is 3.09. The minimum Gasteiger partial charge on any atom is -0.488 e. The van der Waals surface area contributed by atoms with E-state index in [1.165, 1.54) is 37.4 Å². The third-order valence-electron chi connectivity index (χ3n) is 3.09. The van der Waals surface area contributed by atoms with Gasteiger partial charge in [-0.25, -0.2) is 9.18 Å². The predicted molar refractivity (Wildman–Crippen MR) is 86.2 cm³/mol. The molecule has 0 bridgehead atoms. The van der Waals surface area contributed by atoms with E-state index in [0.717, 1.165) is 0 Å². The van der Waals surface area contributed by atoms with E-state index in [9.17, 15) is 9.18 Å². The molecule has 2 rings (SSSR count). The van der Waals surface area contributed by atoms with Crippen molar-refractivity contribution in [2.75, 3.05) is 20.8 Å². The first-order valence-electron chi connectivity index (χ1n) is 7.34. The second-order valence-corrected chi connectivity index (χ2v) is 5.12. The van der Waals surface area contributed by atoms with Crippen LogP contribution in [0.5, 0.6) is 17.2 Å². The van der Waals surface area contributed by atoms with Crippen LogP contribution in [0.1, 0.15) is 17.3 Å². The second kappa shape index (κ2) is 8.31. The molecule has 2 aromatic carbocycles. The Hall–Kier alpha value is -2.60. The van der Waals surface area contributed by atoms with Gasteiger partial charge in [0.15, 0.2) is 0 Å². The standard InChI is InChI=1S/C18H19FO5/c1-12(11-21-2)23-16-8-13(18(20)22-3)9-17(10-16)24-15-6-4-14(19)5-7-15/h4-10,12H,11H2,1-3H3/t12-/m0/s1. The van der Waals surface area contributed by atoms with Crippen molar-refractivity contribution in [3.63, 3.8) is 0 Å². The van der Waals surface area contributed by atoms with Crippen molar-refractivity contribution in [2.45, 2.75) is 13.0 Å². The zero-order chi connectivity index (χ0) is 17.5. The number of benzene rings is 2. The maximum atomic E-state index is 13.0. The Labute approximate surface area is 139 Å². The lowest BCUT2D eigenvalue weighted by atomic mass is 10.2. The van der Waals surface area contributed by atoms with Gasteiger partial charge in [0.1, 0.15) is 29.2 Å². The largest absolute Gasteiger partial charge is 0.488 e. The summed E-state index contributed by atoms with van der Waals surface area (Å²) in [6.07, 6.45) is -0.207. The molecule has 6 heteroatoms. The first-order chi connectivity index (χ1) is 11.5. The van der Waals surface area contributed by atoms with Crippen molar-refractivity contribution >= 4 is 5.97 Å². The number of esters is 1. The highest BCUT2D eigenvalue weighted by Gasteiger charge is 2.13. The lowest BCUT2D eigenvalue weighted by Crippen LogP contribution is -2.18. The number of ether oxygens (including phenoxy) is 4. The van der Waals surface area contributed by atoms with Gasteiger partial charge in [-0.15, -0.1) is 0 Å². The van der Waals surface area contributed by atoms with Gasteiger partial charge in [0, 0.05) is 13.2 Å². The van der Waals surface area contributed by atoms with E-state index in [1.54, 1.807) is 19.2 Å². The fourth-order valence-electron chi connectivity index (χ4n) is 2.07. The van der Waals surface area contributed by atoms with Crippen LogP contribution in [-0.4, -0.2) is 32.9 Å². The van der Waals surface area contributed by atoms with E-state index < -0.39 is 5.97 Å². The molecule has 128 valence electrons. The van der Waals surface area contributed by atoms with Crippen LogP contribution in [0.3, 0.4) is 0 Å². The summed E-state index contributed by atoms with van der Waals surface area (Å²) in [6, 6.07) is 10.3. The molecule has 0 unspecified atom stereocenters. The van der Waals surface area contributed by atoms with Crippen LogP contribution in [-0.2, 0) is 9.47 Å². The molecule has 0 saturated heterocycles. The summed E-state index contributed by atoms with van der Waals surface area (Å²) in [6.45, 7) is 2.24. The number of hydrogen-bond donors (Lipinski definition) is 0. The number of carbonyl (C=O) groups is 1. The first-order valence-corrected chi connectivity index (χ1v) is 7.34. The van der Waals surface area contributed by atoms with E-state index >= 15 is 0 Å². The molecule has 1 atom stereocenters. The SMILES string of the molecule is COC[C@H](C)Oc1cc(Oc2ccc(F)cc2)cc(C(=O)OC)c1. The van der Waals surface area contributed by atoms with Crippen molar-refractivity contribution in [1.82, 2.24) is 0 Å². The highest BCUT2D eigenvalue weighted by Crippen LogP contribution is 2.28. The van der Waals surface area contributed by atoms with Gasteiger partial charge < -0.3 is 18.9 Å². The molecular weight excluding hydrogens is 315 g/mol. The zero-order valence-electron chi connectivity index (χ0n) is 13.7. The Balaban J connectivity index is 2.27. The van der Waals surface area contributed by atoms with E-state index in [0.29, 0.717) is 23.9 Å². The lowest BCUT2D eigenvalue weighted by molar-refractivity contribution is 0.0598. The second-order valence-electron chi connectivity index (χ2n) is 5.12. The molecule has 0 heterocycles. The number of hydrogen-bond acceptors (Lipinski definition) is 5. The maximum absolute atomic E-state index is 13.0. The van der Waals surface area contributed by atoms with Crippen LogP contribution < -0.4 is 9.47 Å². The van der Waals surface area contributed by atoms with Crippen molar-refractivity contribution < 1.29 is 28.1 Å². The van der Waals surface area contributed by atoms with Crippen molar-refractivity contribution in [1.29, 1.82) is 0 Å². The van der Waals surface area contributed by atoms with Gasteiger partial charge in [0.2, 0.25) is 0 Å². The average Bonchev–Trinajstić information content (AvgIpc) is 2.56. The molecule has 0 amide bonds. The van der Waals surface area contributed by atoms with Crippen LogP contribution in [0.4, 0.5) is 4.39 Å². The smallest absolute Gasteiger partial charge is 0.338 e. The molecule has 0 fully saturated rings. The van der Waals surface area contributed by atoms with Crippen molar-refractivity contribution in [3.05, 3.63) is 53.8 Å². The number of methoxy groups -OCH3 is 2. The molecule has 0 spiro atoms. The molecule has 0 aliphatic rings. The van der Waals surface area contributed by atoms with Gasteiger partial charge >= 0.3 is 5.97 Å². The number of rotatable bonds is 7. The summed E-state index contributed by atoms with van der Waals surface area (Å²) in [7, 11) is 2.87. The molecule has 24 heavy (non-hydrogen) atoms. The Morgan fingerprint density at radius 1 is 1.04 bits per heavy atom. The van der Waals surface area contributed by atoms with Gasteiger partial charge in [-0.3, -0.25) is 0 Å². The van der Waals surface area contributed by atoms with Crippen LogP contribution in [0.15, 0.2) is 42.5 Å². The molecule has 0 N–H and O–H groups in total. The molecular formula is C18H19FO5. The molecule has 0 saturated carbocycles. The van der Waals surface area contributed by atoms with Crippen LogP contribution in [0.2, 0.25) is 0 Å². The number of halogens is 1. The molecule has 0 aromatic heterocycles. The summed E-state index contributed by atoms with van der Waals surface area (Å²) in [5.74, 6) is 0.393. The van der Waals surface area contributed by atoms with Gasteiger partial charge in [-0.1, -0.05) is 0 Å². The minimum atomic E-state index is -0.510. The average molecular weight is 334 g/mol. The van der Waals surface area contributed by atoms with Gasteiger partial charge in [0.05, 0.1) is 19.3 Å². The van der Waals surface area contributed by atoms with E-state index in [1.807, 2.05) is 6.92 Å². The summed E-state index contributed by atoms with van der Waals surface area (Å²) in [5, 5.41) is 0. The first kappa shape index (κ1) is 17.7. The summed E-state index contributed by atoms with van der Waals surface area (Å²) in [4.78, 5) is 11.8. The van der Waals surface area contributed by atoms with Crippen LogP contribution in [0, 0.1) is 5.82 Å². The molecule has 5 nitrogen and oxygen atoms in total. The topological polar surface area (TPSA) is 54.0 Å².